The smallest absolute Gasteiger partial charge is 0.245 e. The quantitative estimate of drug-likeness (QED) is 0.776. The van der Waals surface area contributed by atoms with Crippen molar-refractivity contribution < 1.29 is 9.90 Å². The molecule has 2 rings (SSSR count). The Morgan fingerprint density at radius 3 is 2.43 bits per heavy atom. The van der Waals surface area contributed by atoms with Crippen molar-refractivity contribution in [2.24, 2.45) is 0 Å². The van der Waals surface area contributed by atoms with Gasteiger partial charge < -0.3 is 19.9 Å². The van der Waals surface area contributed by atoms with Crippen LogP contribution >= 0.6 is 0 Å². The number of hydrogen-bond donors (Lipinski definition) is 2. The second-order valence-electron chi connectivity index (χ2n) is 5.80. The Balaban J connectivity index is 2.16. The third-order valence-electron chi connectivity index (χ3n) is 4.24. The van der Waals surface area contributed by atoms with Crippen molar-refractivity contribution >= 4 is 5.91 Å². The van der Waals surface area contributed by atoms with Crippen LogP contribution in [0.15, 0.2) is 12.1 Å². The van der Waals surface area contributed by atoms with Crippen molar-refractivity contribution in [3.8, 4) is 0 Å². The first-order valence-corrected chi connectivity index (χ1v) is 7.90. The Bertz CT molecular complexity index is 445. The van der Waals surface area contributed by atoms with Crippen molar-refractivity contribution in [3.05, 3.63) is 23.5 Å². The van der Waals surface area contributed by atoms with Crippen molar-refractivity contribution in [3.63, 3.8) is 0 Å². The second kappa shape index (κ2) is 7.61. The lowest BCUT2D eigenvalue weighted by Crippen LogP contribution is -2.49. The Morgan fingerprint density at radius 2 is 1.86 bits per heavy atom. The number of carbonyl (C=O) groups is 1. The maximum atomic E-state index is 12.9. The highest BCUT2D eigenvalue weighted by molar-refractivity contribution is 5.81. The molecule has 1 aromatic heterocycles. The van der Waals surface area contributed by atoms with Gasteiger partial charge in [0.05, 0.1) is 0 Å². The number of amides is 1. The number of nitrogens with zero attached hydrogens (tertiary/aromatic N) is 2. The van der Waals surface area contributed by atoms with Gasteiger partial charge in [-0.1, -0.05) is 0 Å². The van der Waals surface area contributed by atoms with Gasteiger partial charge in [0.25, 0.3) is 0 Å². The van der Waals surface area contributed by atoms with Gasteiger partial charge in [-0.25, -0.2) is 0 Å². The van der Waals surface area contributed by atoms with E-state index in [2.05, 4.69) is 35.9 Å². The zero-order valence-electron chi connectivity index (χ0n) is 13.1. The van der Waals surface area contributed by atoms with Gasteiger partial charge in [0.2, 0.25) is 5.91 Å². The molecule has 0 aromatic carbocycles. The predicted octanol–water partition coefficient (Wildman–Crippen LogP) is 1.24. The molecule has 2 N–H and O–H groups in total. The fourth-order valence-electron chi connectivity index (χ4n) is 3.08. The molecule has 5 nitrogen and oxygen atoms in total. The fraction of sp³-hybridized carbons (Fsp3) is 0.688. The summed E-state index contributed by atoms with van der Waals surface area (Å²) in [5, 5.41) is 12.3. The molecule has 0 bridgehead atoms. The normalized spacial score (nSPS) is 17.0. The molecule has 0 saturated carbocycles. The average Bonchev–Trinajstić information content (AvgIpc) is 2.84. The highest BCUT2D eigenvalue weighted by Crippen LogP contribution is 2.23. The Kier molecular flexibility index (Phi) is 5.82. The van der Waals surface area contributed by atoms with E-state index in [-0.39, 0.29) is 18.6 Å². The predicted molar refractivity (Wildman–Crippen MR) is 83.3 cm³/mol. The van der Waals surface area contributed by atoms with E-state index in [4.69, 9.17) is 5.11 Å². The Labute approximate surface area is 126 Å². The zero-order chi connectivity index (χ0) is 15.2. The first-order valence-electron chi connectivity index (χ1n) is 7.90. The average molecular weight is 293 g/mol. The number of carbonyl (C=O) groups excluding carboxylic acids is 1. The number of piperazine rings is 1. The molecular weight excluding hydrogens is 266 g/mol. The molecule has 1 aliphatic rings. The van der Waals surface area contributed by atoms with Crippen LogP contribution in [0.25, 0.3) is 0 Å². The summed E-state index contributed by atoms with van der Waals surface area (Å²) >= 11 is 0. The first-order chi connectivity index (χ1) is 10.1. The molecular formula is C16H27N3O2. The van der Waals surface area contributed by atoms with Gasteiger partial charge >= 0.3 is 0 Å². The van der Waals surface area contributed by atoms with Gasteiger partial charge in [-0.15, -0.1) is 0 Å². The van der Waals surface area contributed by atoms with Crippen molar-refractivity contribution in [1.29, 1.82) is 0 Å². The van der Waals surface area contributed by atoms with Crippen LogP contribution < -0.4 is 5.32 Å². The second-order valence-corrected chi connectivity index (χ2v) is 5.80. The van der Waals surface area contributed by atoms with Crippen LogP contribution in [-0.2, 0) is 4.79 Å². The summed E-state index contributed by atoms with van der Waals surface area (Å²) < 4.78 is 2.15. The van der Waals surface area contributed by atoms with Crippen LogP contribution in [0.4, 0.5) is 0 Å². The van der Waals surface area contributed by atoms with E-state index in [0.717, 1.165) is 56.8 Å². The lowest BCUT2D eigenvalue weighted by Gasteiger charge is -2.32. The van der Waals surface area contributed by atoms with Gasteiger partial charge in [-0.05, 0) is 45.2 Å². The maximum Gasteiger partial charge on any atom is 0.245 e. The number of unbranched alkanes of at least 4 members (excludes halogenated alkanes) is 1. The standard InChI is InChI=1S/C16H27N3O2/c1-13-6-7-14(2)19(13)15(5-3-4-12-20)16(21)18-10-8-17-9-11-18/h6-7,15,17,20H,3-5,8-12H2,1-2H3/t15-/m0/s1. The molecule has 1 fully saturated rings. The van der Waals surface area contributed by atoms with E-state index in [9.17, 15) is 4.79 Å². The minimum atomic E-state index is -0.135. The molecule has 1 aromatic rings. The van der Waals surface area contributed by atoms with Gasteiger partial charge in [-0.3, -0.25) is 4.79 Å². The van der Waals surface area contributed by atoms with Crippen LogP contribution in [-0.4, -0.2) is 53.3 Å². The summed E-state index contributed by atoms with van der Waals surface area (Å²) in [6.45, 7) is 7.62. The molecule has 0 unspecified atom stereocenters. The lowest BCUT2D eigenvalue weighted by molar-refractivity contribution is -0.135. The van der Waals surface area contributed by atoms with Crippen molar-refractivity contribution in [1.82, 2.24) is 14.8 Å². The van der Waals surface area contributed by atoms with Gasteiger partial charge in [-0.2, -0.15) is 0 Å². The number of aliphatic hydroxyl groups is 1. The largest absolute Gasteiger partial charge is 0.396 e. The molecule has 0 aliphatic carbocycles. The molecule has 21 heavy (non-hydrogen) atoms. The minimum absolute atomic E-state index is 0.135. The summed E-state index contributed by atoms with van der Waals surface area (Å²) in [7, 11) is 0. The number of aliphatic hydroxyl groups excluding tert-OH is 1. The summed E-state index contributed by atoms with van der Waals surface area (Å²) in [4.78, 5) is 14.9. The summed E-state index contributed by atoms with van der Waals surface area (Å²) in [5.74, 6) is 0.219. The first kappa shape index (κ1) is 16.0. The summed E-state index contributed by atoms with van der Waals surface area (Å²) in [6, 6.07) is 4.00. The molecule has 0 spiro atoms. The number of aryl methyl sites for hydroxylation is 2. The number of hydrogen-bond acceptors (Lipinski definition) is 3. The highest BCUT2D eigenvalue weighted by atomic mass is 16.2. The SMILES string of the molecule is Cc1ccc(C)n1[C@@H](CCCCO)C(=O)N1CCNCC1. The van der Waals surface area contributed by atoms with Crippen molar-refractivity contribution in [2.45, 2.75) is 39.2 Å². The van der Waals surface area contributed by atoms with E-state index in [1.54, 1.807) is 0 Å². The Hall–Kier alpha value is -1.33. The maximum absolute atomic E-state index is 12.9. The van der Waals surface area contributed by atoms with Crippen LogP contribution in [0, 0.1) is 13.8 Å². The lowest BCUT2D eigenvalue weighted by atomic mass is 10.1. The summed E-state index contributed by atoms with van der Waals surface area (Å²) in [6.07, 6.45) is 2.42. The molecule has 2 heterocycles. The van der Waals surface area contributed by atoms with Crippen LogP contribution in [0.3, 0.4) is 0 Å². The van der Waals surface area contributed by atoms with E-state index in [1.165, 1.54) is 0 Å². The van der Waals surface area contributed by atoms with Crippen LogP contribution in [0.2, 0.25) is 0 Å². The molecule has 1 atom stereocenters. The molecule has 0 radical (unpaired) electrons. The van der Waals surface area contributed by atoms with Gasteiger partial charge in [0.1, 0.15) is 6.04 Å². The van der Waals surface area contributed by atoms with Gasteiger partial charge in [0.15, 0.2) is 0 Å². The summed E-state index contributed by atoms with van der Waals surface area (Å²) in [5.41, 5.74) is 2.26. The van der Waals surface area contributed by atoms with Crippen LogP contribution in [0.5, 0.6) is 0 Å². The monoisotopic (exact) mass is 293 g/mol. The molecule has 1 amide bonds. The van der Waals surface area contributed by atoms with E-state index in [0.29, 0.717) is 0 Å². The third kappa shape index (κ3) is 3.86. The van der Waals surface area contributed by atoms with E-state index < -0.39 is 0 Å². The molecule has 1 aliphatic heterocycles. The number of aromatic nitrogens is 1. The van der Waals surface area contributed by atoms with Crippen molar-refractivity contribution in [2.75, 3.05) is 32.8 Å². The number of rotatable bonds is 6. The van der Waals surface area contributed by atoms with Crippen LogP contribution in [0.1, 0.15) is 36.7 Å². The van der Waals surface area contributed by atoms with E-state index in [1.807, 2.05) is 4.90 Å². The molecule has 5 heteroatoms. The topological polar surface area (TPSA) is 57.5 Å². The Morgan fingerprint density at radius 1 is 1.24 bits per heavy atom. The van der Waals surface area contributed by atoms with Gasteiger partial charge in [0, 0.05) is 44.2 Å². The highest BCUT2D eigenvalue weighted by Gasteiger charge is 2.27. The number of nitrogens with one attached hydrogen (secondary N) is 1. The third-order valence-corrected chi connectivity index (χ3v) is 4.24. The fourth-order valence-corrected chi connectivity index (χ4v) is 3.08. The van der Waals surface area contributed by atoms with E-state index >= 15 is 0 Å². The molecule has 118 valence electrons. The zero-order valence-corrected chi connectivity index (χ0v) is 13.1. The molecule has 1 saturated heterocycles. The minimum Gasteiger partial charge on any atom is -0.396 e.